The molecule has 2 heterocycles. The summed E-state index contributed by atoms with van der Waals surface area (Å²) in [6, 6.07) is 1.83. The van der Waals surface area contributed by atoms with Gasteiger partial charge in [-0.1, -0.05) is 6.92 Å². The van der Waals surface area contributed by atoms with Gasteiger partial charge in [-0.25, -0.2) is 4.98 Å². The molecule has 0 aliphatic carbocycles. The zero-order valence-corrected chi connectivity index (χ0v) is 12.2. The second-order valence-electron chi connectivity index (χ2n) is 5.27. The molecular formula is C14H22N4O2. The van der Waals surface area contributed by atoms with E-state index in [4.69, 9.17) is 0 Å². The molecule has 0 aromatic carbocycles. The summed E-state index contributed by atoms with van der Waals surface area (Å²) in [5.41, 5.74) is 0.769. The van der Waals surface area contributed by atoms with Crippen molar-refractivity contribution in [3.05, 3.63) is 27.9 Å². The largest absolute Gasteiger partial charge is 0.355 e. The van der Waals surface area contributed by atoms with E-state index in [2.05, 4.69) is 21.7 Å². The summed E-state index contributed by atoms with van der Waals surface area (Å²) in [5, 5.41) is 10.8. The van der Waals surface area contributed by atoms with Gasteiger partial charge in [-0.15, -0.1) is 0 Å². The van der Waals surface area contributed by atoms with Crippen molar-refractivity contribution in [2.75, 3.05) is 37.6 Å². The first-order valence-corrected chi connectivity index (χ1v) is 7.20. The molecule has 0 atom stereocenters. The highest BCUT2D eigenvalue weighted by Gasteiger charge is 2.18. The summed E-state index contributed by atoms with van der Waals surface area (Å²) in [7, 11) is 0. The van der Waals surface area contributed by atoms with Crippen molar-refractivity contribution < 1.29 is 4.92 Å². The van der Waals surface area contributed by atoms with Crippen molar-refractivity contribution in [1.82, 2.24) is 9.88 Å². The molecule has 1 saturated heterocycles. The van der Waals surface area contributed by atoms with Crippen molar-refractivity contribution >= 4 is 11.5 Å². The molecule has 1 fully saturated rings. The van der Waals surface area contributed by atoms with Gasteiger partial charge in [-0.2, -0.15) is 0 Å². The van der Waals surface area contributed by atoms with Gasteiger partial charge in [-0.3, -0.25) is 10.1 Å². The number of hydrogen-bond donors (Lipinski definition) is 0. The Kier molecular flexibility index (Phi) is 4.89. The molecule has 0 spiro atoms. The van der Waals surface area contributed by atoms with Gasteiger partial charge in [0.1, 0.15) is 12.0 Å². The van der Waals surface area contributed by atoms with Gasteiger partial charge >= 0.3 is 0 Å². The lowest BCUT2D eigenvalue weighted by atomic mass is 10.2. The Morgan fingerprint density at radius 3 is 2.80 bits per heavy atom. The molecule has 0 N–H and O–H groups in total. The minimum atomic E-state index is -0.377. The molecular weight excluding hydrogens is 256 g/mol. The molecule has 1 aliphatic heterocycles. The summed E-state index contributed by atoms with van der Waals surface area (Å²) in [6.07, 6.45) is 3.66. The van der Waals surface area contributed by atoms with Crippen LogP contribution in [0.3, 0.4) is 0 Å². The first-order valence-electron chi connectivity index (χ1n) is 7.20. The fourth-order valence-electron chi connectivity index (χ4n) is 2.64. The van der Waals surface area contributed by atoms with Crippen LogP contribution < -0.4 is 4.90 Å². The number of aryl methyl sites for hydroxylation is 1. The van der Waals surface area contributed by atoms with Gasteiger partial charge in [-0.05, 0) is 38.9 Å². The van der Waals surface area contributed by atoms with Gasteiger partial charge in [0.2, 0.25) is 0 Å². The smallest absolute Gasteiger partial charge is 0.290 e. The highest BCUT2D eigenvalue weighted by Crippen LogP contribution is 2.22. The fraction of sp³-hybridized carbons (Fsp3) is 0.643. The maximum Gasteiger partial charge on any atom is 0.290 e. The third-order valence-corrected chi connectivity index (χ3v) is 3.72. The summed E-state index contributed by atoms with van der Waals surface area (Å²) < 4.78 is 0. The third kappa shape index (κ3) is 3.45. The highest BCUT2D eigenvalue weighted by atomic mass is 16.6. The van der Waals surface area contributed by atoms with Crippen LogP contribution in [0.25, 0.3) is 0 Å². The Hall–Kier alpha value is -1.69. The van der Waals surface area contributed by atoms with E-state index in [0.29, 0.717) is 5.56 Å². The Morgan fingerprint density at radius 1 is 1.35 bits per heavy atom. The maximum absolute atomic E-state index is 10.8. The number of nitrogens with zero attached hydrogens (tertiary/aromatic N) is 4. The molecule has 0 unspecified atom stereocenters. The number of rotatable bonds is 4. The molecule has 0 saturated carbocycles. The zero-order valence-electron chi connectivity index (χ0n) is 12.2. The molecule has 6 heteroatoms. The Labute approximate surface area is 119 Å². The molecule has 1 aromatic rings. The lowest BCUT2D eigenvalue weighted by Gasteiger charge is -2.22. The van der Waals surface area contributed by atoms with Gasteiger partial charge in [0.15, 0.2) is 0 Å². The molecule has 0 radical (unpaired) electrons. The maximum atomic E-state index is 10.8. The number of aromatic nitrogens is 1. The van der Waals surface area contributed by atoms with E-state index in [-0.39, 0.29) is 10.6 Å². The van der Waals surface area contributed by atoms with Crippen LogP contribution in [-0.4, -0.2) is 47.5 Å². The van der Waals surface area contributed by atoms with Crippen molar-refractivity contribution in [2.45, 2.75) is 26.7 Å². The standard InChI is InChI=1S/C14H22N4O2/c1-3-5-16-6-4-7-17(9-8-16)14-10-12(2)13(11-15-14)18(19)20/h10-11H,3-9H2,1-2H3. The van der Waals surface area contributed by atoms with E-state index >= 15 is 0 Å². The van der Waals surface area contributed by atoms with E-state index in [1.165, 1.54) is 12.6 Å². The van der Waals surface area contributed by atoms with Gasteiger partial charge in [0.25, 0.3) is 5.69 Å². The van der Waals surface area contributed by atoms with Gasteiger partial charge in [0, 0.05) is 25.2 Å². The fourth-order valence-corrected chi connectivity index (χ4v) is 2.64. The number of pyridine rings is 1. The van der Waals surface area contributed by atoms with Crippen LogP contribution in [0.15, 0.2) is 12.3 Å². The number of hydrogen-bond acceptors (Lipinski definition) is 5. The van der Waals surface area contributed by atoms with Crippen molar-refractivity contribution in [2.24, 2.45) is 0 Å². The summed E-state index contributed by atoms with van der Waals surface area (Å²) >= 11 is 0. The van der Waals surface area contributed by atoms with E-state index in [9.17, 15) is 10.1 Å². The van der Waals surface area contributed by atoms with Crippen LogP contribution in [0.1, 0.15) is 25.3 Å². The van der Waals surface area contributed by atoms with E-state index in [1.54, 1.807) is 6.92 Å². The molecule has 1 aliphatic rings. The van der Waals surface area contributed by atoms with E-state index in [1.807, 2.05) is 6.07 Å². The second-order valence-corrected chi connectivity index (χ2v) is 5.27. The monoisotopic (exact) mass is 278 g/mol. The average Bonchev–Trinajstić information content (AvgIpc) is 2.64. The van der Waals surface area contributed by atoms with Crippen molar-refractivity contribution in [3.63, 3.8) is 0 Å². The van der Waals surface area contributed by atoms with Crippen LogP contribution in [-0.2, 0) is 0 Å². The minimum Gasteiger partial charge on any atom is -0.355 e. The van der Waals surface area contributed by atoms with Crippen LogP contribution in [0.2, 0.25) is 0 Å². The van der Waals surface area contributed by atoms with E-state index < -0.39 is 0 Å². The quantitative estimate of drug-likeness (QED) is 0.624. The topological polar surface area (TPSA) is 62.5 Å². The first kappa shape index (κ1) is 14.7. The SMILES string of the molecule is CCCN1CCCN(c2cc(C)c([N+](=O)[O-])cn2)CC1. The third-order valence-electron chi connectivity index (χ3n) is 3.72. The number of anilines is 1. The van der Waals surface area contributed by atoms with Gasteiger partial charge in [0.05, 0.1) is 4.92 Å². The normalized spacial score (nSPS) is 17.0. The van der Waals surface area contributed by atoms with Crippen LogP contribution >= 0.6 is 0 Å². The van der Waals surface area contributed by atoms with Crippen LogP contribution in [0.5, 0.6) is 0 Å². The molecule has 110 valence electrons. The predicted octanol–water partition coefficient (Wildman–Crippen LogP) is 2.22. The average molecular weight is 278 g/mol. The minimum absolute atomic E-state index is 0.0937. The first-order chi connectivity index (χ1) is 9.61. The van der Waals surface area contributed by atoms with Crippen molar-refractivity contribution in [3.8, 4) is 0 Å². The lowest BCUT2D eigenvalue weighted by Crippen LogP contribution is -2.31. The number of nitro groups is 1. The summed E-state index contributed by atoms with van der Waals surface area (Å²) in [6.45, 7) is 9.16. The summed E-state index contributed by atoms with van der Waals surface area (Å²) in [4.78, 5) is 19.4. The molecule has 20 heavy (non-hydrogen) atoms. The van der Waals surface area contributed by atoms with Crippen LogP contribution in [0, 0.1) is 17.0 Å². The second kappa shape index (κ2) is 6.65. The lowest BCUT2D eigenvalue weighted by molar-refractivity contribution is -0.385. The Balaban J connectivity index is 2.08. The highest BCUT2D eigenvalue weighted by molar-refractivity contribution is 5.48. The Bertz CT molecular complexity index is 478. The molecule has 6 nitrogen and oxygen atoms in total. The van der Waals surface area contributed by atoms with Gasteiger partial charge < -0.3 is 9.80 Å². The Morgan fingerprint density at radius 2 is 2.15 bits per heavy atom. The summed E-state index contributed by atoms with van der Waals surface area (Å²) in [5.74, 6) is 0.853. The zero-order chi connectivity index (χ0) is 14.5. The molecule has 1 aromatic heterocycles. The predicted molar refractivity (Wildman–Crippen MR) is 79.2 cm³/mol. The molecule has 2 rings (SSSR count). The van der Waals surface area contributed by atoms with E-state index in [0.717, 1.165) is 45.0 Å². The van der Waals surface area contributed by atoms with Crippen molar-refractivity contribution in [1.29, 1.82) is 0 Å². The molecule has 0 bridgehead atoms. The molecule has 0 amide bonds. The van der Waals surface area contributed by atoms with Crippen LogP contribution in [0.4, 0.5) is 11.5 Å².